The van der Waals surface area contributed by atoms with Gasteiger partial charge in [0.25, 0.3) is 0 Å². The number of fused-ring (bicyclic) bond motifs is 1. The number of rotatable bonds is 10. The summed E-state index contributed by atoms with van der Waals surface area (Å²) in [6, 6.07) is 9.41. The van der Waals surface area contributed by atoms with Crippen LogP contribution in [0, 0.1) is 5.41 Å². The van der Waals surface area contributed by atoms with E-state index in [2.05, 4.69) is 26.2 Å². The number of aromatic nitrogens is 2. The summed E-state index contributed by atoms with van der Waals surface area (Å²) in [4.78, 5) is 60.2. The lowest BCUT2D eigenvalue weighted by atomic mass is 9.64. The number of pyridine rings is 2. The SMILES string of the molecule is CC(C)(C)OC(=O)CC(C)(C)OC(=O)C(=O)OC(C)(C)C(OC(N)=O)(c1ncc(Br)c2cc(CNc3ccncc3)ccc12)C(C)(C)C. The molecule has 48 heavy (non-hydrogen) atoms. The molecule has 2 heterocycles. The van der Waals surface area contributed by atoms with Crippen molar-refractivity contribution in [2.75, 3.05) is 5.32 Å². The highest BCUT2D eigenvalue weighted by Gasteiger charge is 2.62. The molecule has 0 saturated heterocycles. The molecule has 3 N–H and O–H groups in total. The first kappa shape index (κ1) is 38.2. The molecular weight excluding hydrogens is 684 g/mol. The van der Waals surface area contributed by atoms with Crippen molar-refractivity contribution >= 4 is 56.4 Å². The van der Waals surface area contributed by atoms with Crippen molar-refractivity contribution in [1.82, 2.24) is 9.97 Å². The number of hydrogen-bond donors (Lipinski definition) is 2. The van der Waals surface area contributed by atoms with Gasteiger partial charge in [0.15, 0.2) is 11.2 Å². The molecule has 260 valence electrons. The highest BCUT2D eigenvalue weighted by molar-refractivity contribution is 9.10. The molecule has 0 saturated carbocycles. The summed E-state index contributed by atoms with van der Waals surface area (Å²) >= 11 is 3.60. The Bertz CT molecular complexity index is 1680. The number of amides is 1. The highest BCUT2D eigenvalue weighted by Crippen LogP contribution is 2.53. The van der Waals surface area contributed by atoms with E-state index in [0.717, 1.165) is 16.6 Å². The molecular formula is C35H45BrN4O8. The van der Waals surface area contributed by atoms with Crippen molar-refractivity contribution in [3.63, 3.8) is 0 Å². The zero-order chi connectivity index (χ0) is 36.3. The molecule has 13 heteroatoms. The van der Waals surface area contributed by atoms with Gasteiger partial charge in [0.1, 0.15) is 11.2 Å². The van der Waals surface area contributed by atoms with Crippen molar-refractivity contribution in [2.45, 2.75) is 105 Å². The Morgan fingerprint density at radius 3 is 1.98 bits per heavy atom. The van der Waals surface area contributed by atoms with Crippen LogP contribution >= 0.6 is 15.9 Å². The van der Waals surface area contributed by atoms with E-state index >= 15 is 0 Å². The maximum absolute atomic E-state index is 13.4. The number of carbonyl (C=O) groups excluding carboxylic acids is 4. The van der Waals surface area contributed by atoms with Crippen molar-refractivity contribution in [3.8, 4) is 0 Å². The molecule has 2 aromatic heterocycles. The van der Waals surface area contributed by atoms with Gasteiger partial charge in [-0.3, -0.25) is 14.8 Å². The van der Waals surface area contributed by atoms with E-state index in [1.807, 2.05) is 30.3 Å². The minimum Gasteiger partial charge on any atom is -0.460 e. The van der Waals surface area contributed by atoms with Crippen LogP contribution in [-0.4, -0.2) is 50.8 Å². The van der Waals surface area contributed by atoms with Gasteiger partial charge in [-0.25, -0.2) is 14.4 Å². The molecule has 0 aliphatic rings. The van der Waals surface area contributed by atoms with E-state index in [4.69, 9.17) is 29.7 Å². The average Bonchev–Trinajstić information content (AvgIpc) is 2.93. The first-order valence-electron chi connectivity index (χ1n) is 15.4. The second-order valence-electron chi connectivity index (χ2n) is 14.6. The number of esters is 3. The minimum absolute atomic E-state index is 0.247. The number of primary amides is 1. The fourth-order valence-corrected chi connectivity index (χ4v) is 6.17. The molecule has 0 aliphatic heterocycles. The predicted molar refractivity (Wildman–Crippen MR) is 184 cm³/mol. The van der Waals surface area contributed by atoms with Crippen LogP contribution in [0.15, 0.2) is 53.4 Å². The summed E-state index contributed by atoms with van der Waals surface area (Å²) < 4.78 is 23.2. The first-order valence-corrected chi connectivity index (χ1v) is 16.2. The van der Waals surface area contributed by atoms with E-state index in [-0.39, 0.29) is 12.1 Å². The van der Waals surface area contributed by atoms with Crippen LogP contribution in [0.5, 0.6) is 0 Å². The Morgan fingerprint density at radius 1 is 0.812 bits per heavy atom. The van der Waals surface area contributed by atoms with Crippen molar-refractivity contribution in [3.05, 3.63) is 64.7 Å². The third kappa shape index (κ3) is 9.00. The second kappa shape index (κ2) is 14.1. The van der Waals surface area contributed by atoms with Gasteiger partial charge in [0.05, 0.1) is 12.1 Å². The Hall–Kier alpha value is -4.26. The van der Waals surface area contributed by atoms with Gasteiger partial charge < -0.3 is 30.0 Å². The van der Waals surface area contributed by atoms with Crippen LogP contribution in [0.25, 0.3) is 10.8 Å². The number of benzene rings is 1. The molecule has 3 rings (SSSR count). The number of anilines is 1. The number of hydrogen-bond acceptors (Lipinski definition) is 11. The molecule has 0 radical (unpaired) electrons. The summed E-state index contributed by atoms with van der Waals surface area (Å²) in [5.74, 6) is -3.33. The van der Waals surface area contributed by atoms with Crippen molar-refractivity contribution < 1.29 is 38.1 Å². The summed E-state index contributed by atoms with van der Waals surface area (Å²) in [5, 5.41) is 4.67. The molecule has 0 bridgehead atoms. The topological polar surface area (TPSA) is 169 Å². The predicted octanol–water partition coefficient (Wildman–Crippen LogP) is 6.72. The molecule has 0 spiro atoms. The summed E-state index contributed by atoms with van der Waals surface area (Å²) in [6.07, 6.45) is 3.50. The van der Waals surface area contributed by atoms with Crippen LogP contribution < -0.4 is 11.1 Å². The normalized spacial score (nSPS) is 13.6. The van der Waals surface area contributed by atoms with E-state index in [1.54, 1.807) is 60.1 Å². The quantitative estimate of drug-likeness (QED) is 0.129. The number of nitrogens with one attached hydrogen (secondary N) is 1. The maximum atomic E-state index is 13.4. The van der Waals surface area contributed by atoms with Gasteiger partial charge in [0, 0.05) is 46.1 Å². The lowest BCUT2D eigenvalue weighted by Crippen LogP contribution is -2.61. The standard InChI is InChI=1S/C35H45BrN4O8/c1-31(2,3)35(48-30(37)44,34(9,10)47-29(43)28(42)46-33(7,8)18-26(41)45-32(4,5)6)27-23-12-11-21(17-24(23)25(36)20-40-27)19-39-22-13-15-38-16-14-22/h11-17,20H,18-19H2,1-10H3,(H2,37,44)(H,38,39). The zero-order valence-electron chi connectivity index (χ0n) is 29.1. The molecule has 1 aromatic carbocycles. The van der Waals surface area contributed by atoms with Crippen LogP contribution in [-0.2, 0) is 45.5 Å². The average molecular weight is 730 g/mol. The Kier molecular flexibility index (Phi) is 11.2. The third-order valence-corrected chi connectivity index (χ3v) is 8.08. The van der Waals surface area contributed by atoms with Crippen LogP contribution in [0.1, 0.15) is 86.9 Å². The maximum Gasteiger partial charge on any atom is 0.418 e. The van der Waals surface area contributed by atoms with E-state index in [0.29, 0.717) is 16.4 Å². The minimum atomic E-state index is -1.84. The fraction of sp³-hybridized carbons (Fsp3) is 0.486. The third-order valence-electron chi connectivity index (χ3n) is 7.45. The summed E-state index contributed by atoms with van der Waals surface area (Å²) in [7, 11) is 0. The Morgan fingerprint density at radius 2 is 1.42 bits per heavy atom. The number of halogens is 1. The summed E-state index contributed by atoms with van der Waals surface area (Å²) in [6.45, 7) is 16.9. The Balaban J connectivity index is 2.04. The van der Waals surface area contributed by atoms with Gasteiger partial charge >= 0.3 is 24.0 Å². The van der Waals surface area contributed by atoms with Gasteiger partial charge in [0.2, 0.25) is 0 Å². The monoisotopic (exact) mass is 728 g/mol. The van der Waals surface area contributed by atoms with Crippen molar-refractivity contribution in [1.29, 1.82) is 0 Å². The first-order chi connectivity index (χ1) is 22.0. The van der Waals surface area contributed by atoms with E-state index < -0.39 is 51.8 Å². The molecule has 0 fully saturated rings. The number of carbonyl (C=O) groups is 4. The molecule has 1 amide bonds. The number of ether oxygens (including phenoxy) is 4. The fourth-order valence-electron chi connectivity index (χ4n) is 5.74. The van der Waals surface area contributed by atoms with Gasteiger partial charge in [-0.2, -0.15) is 0 Å². The molecule has 0 aliphatic carbocycles. The van der Waals surface area contributed by atoms with Crippen LogP contribution in [0.2, 0.25) is 0 Å². The molecule has 1 unspecified atom stereocenters. The van der Waals surface area contributed by atoms with E-state index in [9.17, 15) is 19.2 Å². The molecule has 12 nitrogen and oxygen atoms in total. The van der Waals surface area contributed by atoms with Gasteiger partial charge in [-0.05, 0) is 93.5 Å². The smallest absolute Gasteiger partial charge is 0.418 e. The lowest BCUT2D eigenvalue weighted by Gasteiger charge is -2.51. The van der Waals surface area contributed by atoms with Crippen molar-refractivity contribution in [2.24, 2.45) is 11.1 Å². The molecule has 1 atom stereocenters. The Labute approximate surface area is 289 Å². The number of nitrogens with zero attached hydrogens (tertiary/aromatic N) is 2. The van der Waals surface area contributed by atoms with Crippen LogP contribution in [0.3, 0.4) is 0 Å². The van der Waals surface area contributed by atoms with E-state index in [1.165, 1.54) is 27.7 Å². The highest BCUT2D eigenvalue weighted by atomic mass is 79.9. The van der Waals surface area contributed by atoms with Gasteiger partial charge in [-0.1, -0.05) is 32.9 Å². The lowest BCUT2D eigenvalue weighted by molar-refractivity contribution is -0.223. The molecule has 3 aromatic rings. The zero-order valence-corrected chi connectivity index (χ0v) is 30.7. The second-order valence-corrected chi connectivity index (χ2v) is 15.4. The van der Waals surface area contributed by atoms with Gasteiger partial charge in [-0.15, -0.1) is 0 Å². The summed E-state index contributed by atoms with van der Waals surface area (Å²) in [5.41, 5.74) is 0.983. The number of nitrogens with two attached hydrogens (primary N) is 1. The van der Waals surface area contributed by atoms with Crippen LogP contribution in [0.4, 0.5) is 10.5 Å². The largest absolute Gasteiger partial charge is 0.460 e.